The smallest absolute Gasteiger partial charge is 0.319 e. The van der Waals surface area contributed by atoms with Crippen molar-refractivity contribution in [2.75, 3.05) is 44.3 Å². The van der Waals surface area contributed by atoms with Crippen LogP contribution in [0.25, 0.3) is 32.9 Å². The van der Waals surface area contributed by atoms with Crippen LogP contribution in [-0.2, 0) is 4.84 Å². The molecule has 1 N–H and O–H groups in total. The van der Waals surface area contributed by atoms with Gasteiger partial charge in [-0.25, -0.2) is 17.6 Å². The number of hydrogen-bond donors (Lipinski definition) is 1. The topological polar surface area (TPSA) is 96.2 Å². The summed E-state index contributed by atoms with van der Waals surface area (Å²) in [4.78, 5) is 23.2. The number of halogens is 4. The molecule has 8 rings (SSSR count). The summed E-state index contributed by atoms with van der Waals surface area (Å²) in [6.07, 6.45) is 4.41. The van der Waals surface area contributed by atoms with E-state index in [1.54, 1.807) is 0 Å². The van der Waals surface area contributed by atoms with E-state index in [0.29, 0.717) is 43.9 Å². The van der Waals surface area contributed by atoms with Gasteiger partial charge in [0.05, 0.1) is 16.6 Å². The van der Waals surface area contributed by atoms with Crippen molar-refractivity contribution in [3.63, 3.8) is 0 Å². The van der Waals surface area contributed by atoms with Crippen molar-refractivity contribution in [1.82, 2.24) is 19.9 Å². The number of ether oxygens (including phenoxy) is 1. The Hall–Kier alpha value is -4.26. The SMILES string of the molecule is CCON=C1C2CCC1CN(c1nc(OC[C@@]34CCCN3C[C@H](F)C4)nc3c(F)c(-c4cc(O)cc5ccc(F)c(F)c45)ncc13)C2. The Morgan fingerprint density at radius 3 is 2.66 bits per heavy atom. The highest BCUT2D eigenvalue weighted by molar-refractivity contribution is 6.00. The molecular weight excluding hydrogens is 616 g/mol. The lowest BCUT2D eigenvalue weighted by Gasteiger charge is -2.34. The van der Waals surface area contributed by atoms with Gasteiger partial charge >= 0.3 is 6.01 Å². The molecule has 4 atom stereocenters. The standard InChI is InChI=1S/C34H34F4N6O3/c1-2-47-42-29-19-4-5-20(29)15-43(14-19)32-24-13-39-30(23-11-22(45)10-18-6-7-25(36)27(37)26(18)23)28(38)31(24)40-33(41-32)46-17-34-8-3-9-44(34)16-21(35)12-34/h6-7,10-11,13,19-21,45H,2-5,8-9,12,14-17H2,1H3/t19?,20?,21-,34+/m1/s1. The number of alkyl halides is 1. The first-order valence-electron chi connectivity index (χ1n) is 16.2. The van der Waals surface area contributed by atoms with Gasteiger partial charge in [-0.05, 0) is 62.7 Å². The van der Waals surface area contributed by atoms with Gasteiger partial charge in [0.25, 0.3) is 0 Å². The van der Waals surface area contributed by atoms with Gasteiger partial charge in [-0.3, -0.25) is 9.88 Å². The molecule has 13 heteroatoms. The zero-order chi connectivity index (χ0) is 32.4. The van der Waals surface area contributed by atoms with E-state index < -0.39 is 29.2 Å². The number of aromatic hydroxyl groups is 1. The van der Waals surface area contributed by atoms with E-state index in [2.05, 4.69) is 24.9 Å². The third-order valence-electron chi connectivity index (χ3n) is 10.3. The van der Waals surface area contributed by atoms with E-state index in [0.717, 1.165) is 50.1 Å². The first-order valence-corrected chi connectivity index (χ1v) is 16.2. The van der Waals surface area contributed by atoms with Crippen molar-refractivity contribution in [3.8, 4) is 23.0 Å². The van der Waals surface area contributed by atoms with Crippen molar-refractivity contribution in [3.05, 3.63) is 47.9 Å². The van der Waals surface area contributed by atoms with Crippen LogP contribution in [0.15, 0.2) is 35.6 Å². The third-order valence-corrected chi connectivity index (χ3v) is 10.3. The number of nitrogens with zero attached hydrogens (tertiary/aromatic N) is 6. The zero-order valence-corrected chi connectivity index (χ0v) is 25.9. The Labute approximate surface area is 268 Å². The average molecular weight is 651 g/mol. The predicted molar refractivity (Wildman–Crippen MR) is 168 cm³/mol. The average Bonchev–Trinajstić information content (AvgIpc) is 3.66. The number of oxime groups is 1. The summed E-state index contributed by atoms with van der Waals surface area (Å²) in [6, 6.07) is 4.63. The van der Waals surface area contributed by atoms with Gasteiger partial charge in [-0.2, -0.15) is 9.97 Å². The zero-order valence-electron chi connectivity index (χ0n) is 25.9. The minimum absolute atomic E-state index is 0.0637. The van der Waals surface area contributed by atoms with Crippen molar-refractivity contribution < 1.29 is 32.2 Å². The van der Waals surface area contributed by atoms with Crippen LogP contribution in [0.4, 0.5) is 23.4 Å². The summed E-state index contributed by atoms with van der Waals surface area (Å²) in [7, 11) is 0. The molecule has 4 aromatic rings. The molecule has 0 spiro atoms. The fourth-order valence-corrected chi connectivity index (χ4v) is 8.20. The number of pyridine rings is 1. The fraction of sp³-hybridized carbons (Fsp3) is 0.471. The number of rotatable bonds is 7. The first kappa shape index (κ1) is 30.1. The number of phenols is 1. The molecule has 5 heterocycles. The van der Waals surface area contributed by atoms with E-state index in [1.165, 1.54) is 18.3 Å². The summed E-state index contributed by atoms with van der Waals surface area (Å²) in [5.41, 5.74) is 0.0146. The van der Waals surface area contributed by atoms with Crippen LogP contribution >= 0.6 is 0 Å². The molecule has 2 bridgehead atoms. The lowest BCUT2D eigenvalue weighted by atomic mass is 9.95. The molecule has 2 aromatic carbocycles. The maximum Gasteiger partial charge on any atom is 0.319 e. The van der Waals surface area contributed by atoms with Crippen molar-refractivity contribution in [2.24, 2.45) is 17.0 Å². The van der Waals surface area contributed by atoms with Crippen molar-refractivity contribution in [1.29, 1.82) is 0 Å². The van der Waals surface area contributed by atoms with Crippen molar-refractivity contribution in [2.45, 2.75) is 50.7 Å². The van der Waals surface area contributed by atoms with E-state index in [1.807, 2.05) is 6.92 Å². The van der Waals surface area contributed by atoms with Crippen LogP contribution in [0.1, 0.15) is 39.0 Å². The number of phenolic OH excluding ortho intramolecular Hbond substituents is 1. The van der Waals surface area contributed by atoms with Gasteiger partial charge in [-0.15, -0.1) is 0 Å². The molecular formula is C34H34F4N6O3. The van der Waals surface area contributed by atoms with E-state index in [-0.39, 0.29) is 57.7 Å². The molecule has 9 nitrogen and oxygen atoms in total. The summed E-state index contributed by atoms with van der Waals surface area (Å²) < 4.78 is 67.0. The van der Waals surface area contributed by atoms with Crippen LogP contribution in [0.5, 0.6) is 11.8 Å². The highest BCUT2D eigenvalue weighted by Gasteiger charge is 2.49. The number of hydrogen-bond acceptors (Lipinski definition) is 9. The van der Waals surface area contributed by atoms with Crippen LogP contribution in [0.2, 0.25) is 0 Å². The number of benzene rings is 2. The van der Waals surface area contributed by atoms with Crippen LogP contribution in [0.3, 0.4) is 0 Å². The summed E-state index contributed by atoms with van der Waals surface area (Å²) >= 11 is 0. The van der Waals surface area contributed by atoms with Crippen LogP contribution in [-0.4, -0.2) is 81.8 Å². The summed E-state index contributed by atoms with van der Waals surface area (Å²) in [5.74, 6) is -2.74. The van der Waals surface area contributed by atoms with Gasteiger partial charge in [0.1, 0.15) is 42.2 Å². The maximum atomic E-state index is 16.7. The monoisotopic (exact) mass is 650 g/mol. The van der Waals surface area contributed by atoms with Gasteiger partial charge in [0.15, 0.2) is 17.5 Å². The fourth-order valence-electron chi connectivity index (χ4n) is 8.20. The highest BCUT2D eigenvalue weighted by Crippen LogP contribution is 2.43. The molecule has 47 heavy (non-hydrogen) atoms. The van der Waals surface area contributed by atoms with E-state index in [9.17, 15) is 13.9 Å². The minimum Gasteiger partial charge on any atom is -0.508 e. The largest absolute Gasteiger partial charge is 0.508 e. The Kier molecular flexibility index (Phi) is 7.34. The van der Waals surface area contributed by atoms with Crippen molar-refractivity contribution >= 4 is 33.2 Å². The molecule has 2 aromatic heterocycles. The van der Waals surface area contributed by atoms with Crippen LogP contribution < -0.4 is 9.64 Å². The molecule has 4 aliphatic rings. The number of aromatic nitrogens is 3. The molecule has 1 saturated carbocycles. The predicted octanol–water partition coefficient (Wildman–Crippen LogP) is 6.16. The molecule has 1 aliphatic carbocycles. The maximum absolute atomic E-state index is 16.7. The number of anilines is 1. The Morgan fingerprint density at radius 1 is 1.06 bits per heavy atom. The molecule has 2 unspecified atom stereocenters. The Morgan fingerprint density at radius 2 is 1.87 bits per heavy atom. The molecule has 3 saturated heterocycles. The molecule has 246 valence electrons. The minimum atomic E-state index is -1.18. The first-order chi connectivity index (χ1) is 22.7. The number of piperidine rings is 1. The lowest BCUT2D eigenvalue weighted by Crippen LogP contribution is -2.44. The van der Waals surface area contributed by atoms with Crippen LogP contribution in [0, 0.1) is 29.3 Å². The van der Waals surface area contributed by atoms with E-state index in [4.69, 9.17) is 14.6 Å². The second-order valence-corrected chi connectivity index (χ2v) is 13.1. The Bertz CT molecular complexity index is 1910. The molecule has 0 amide bonds. The summed E-state index contributed by atoms with van der Waals surface area (Å²) in [6.45, 7) is 4.79. The third kappa shape index (κ3) is 5.01. The molecule has 4 fully saturated rings. The lowest BCUT2D eigenvalue weighted by molar-refractivity contribution is 0.107. The van der Waals surface area contributed by atoms with Gasteiger partial charge in [0.2, 0.25) is 0 Å². The highest BCUT2D eigenvalue weighted by atomic mass is 19.2. The quantitative estimate of drug-likeness (QED) is 0.188. The number of fused-ring (bicyclic) bond motifs is 5. The normalized spacial score (nSPS) is 25.6. The van der Waals surface area contributed by atoms with Gasteiger partial charge in [-0.1, -0.05) is 11.2 Å². The molecule has 3 aliphatic heterocycles. The molecule has 0 radical (unpaired) electrons. The Balaban J connectivity index is 1.25. The summed E-state index contributed by atoms with van der Waals surface area (Å²) in [5, 5.41) is 15.1. The second kappa shape index (κ2) is 11.5. The second-order valence-electron chi connectivity index (χ2n) is 13.1. The van der Waals surface area contributed by atoms with Gasteiger partial charge in [0, 0.05) is 55.0 Å². The van der Waals surface area contributed by atoms with Gasteiger partial charge < -0.3 is 19.6 Å². The van der Waals surface area contributed by atoms with E-state index >= 15 is 8.78 Å².